The molecular weight excluding hydrogens is 294 g/mol. The summed E-state index contributed by atoms with van der Waals surface area (Å²) in [6.07, 6.45) is 5.53. The second-order valence-corrected chi connectivity index (χ2v) is 5.77. The summed E-state index contributed by atoms with van der Waals surface area (Å²) < 4.78 is 0. The van der Waals surface area contributed by atoms with E-state index in [4.69, 9.17) is 5.53 Å². The van der Waals surface area contributed by atoms with E-state index < -0.39 is 0 Å². The van der Waals surface area contributed by atoms with Crippen molar-refractivity contribution in [2.24, 2.45) is 5.11 Å². The summed E-state index contributed by atoms with van der Waals surface area (Å²) >= 11 is 0. The Bertz CT molecular complexity index is 734. The second kappa shape index (κ2) is 10.2. The van der Waals surface area contributed by atoms with Gasteiger partial charge in [0.25, 0.3) is 0 Å². The molecule has 0 saturated heterocycles. The zero-order valence-electron chi connectivity index (χ0n) is 14.2. The van der Waals surface area contributed by atoms with Gasteiger partial charge in [-0.05, 0) is 35.7 Å². The van der Waals surface area contributed by atoms with Crippen molar-refractivity contribution in [3.63, 3.8) is 0 Å². The van der Waals surface area contributed by atoms with Gasteiger partial charge in [-0.1, -0.05) is 86.0 Å². The van der Waals surface area contributed by atoms with Gasteiger partial charge in [0.1, 0.15) is 0 Å². The molecule has 0 spiro atoms. The monoisotopic (exact) mass is 317 g/mol. The third-order valence-electron chi connectivity index (χ3n) is 3.96. The maximum Gasteiger partial charge on any atom is 0.0637 e. The quantitative estimate of drug-likeness (QED) is 0.186. The fourth-order valence-electron chi connectivity index (χ4n) is 2.66. The van der Waals surface area contributed by atoms with E-state index in [1.54, 1.807) is 0 Å². The molecule has 0 fully saturated rings. The van der Waals surface area contributed by atoms with Crippen molar-refractivity contribution in [3.8, 4) is 11.8 Å². The normalized spacial score (nSPS) is 11.0. The number of nitrogens with zero attached hydrogens (tertiary/aromatic N) is 3. The molecule has 24 heavy (non-hydrogen) atoms. The van der Waals surface area contributed by atoms with Gasteiger partial charge in [-0.2, -0.15) is 0 Å². The van der Waals surface area contributed by atoms with E-state index in [9.17, 15) is 0 Å². The third kappa shape index (κ3) is 5.50. The van der Waals surface area contributed by atoms with Crippen LogP contribution in [-0.4, -0.2) is 0 Å². The highest BCUT2D eigenvalue weighted by atomic mass is 15.1. The first kappa shape index (κ1) is 17.7. The van der Waals surface area contributed by atoms with Gasteiger partial charge >= 0.3 is 0 Å². The van der Waals surface area contributed by atoms with Crippen molar-refractivity contribution in [1.29, 1.82) is 0 Å². The van der Waals surface area contributed by atoms with Crippen LogP contribution in [0.4, 0.5) is 0 Å². The van der Waals surface area contributed by atoms with E-state index in [2.05, 4.69) is 28.8 Å². The van der Waals surface area contributed by atoms with Crippen LogP contribution in [0.15, 0.2) is 59.7 Å². The zero-order chi connectivity index (χ0) is 17.0. The van der Waals surface area contributed by atoms with Gasteiger partial charge in [-0.3, -0.25) is 0 Å². The molecule has 0 heterocycles. The van der Waals surface area contributed by atoms with Crippen LogP contribution >= 0.6 is 0 Å². The number of azide groups is 1. The van der Waals surface area contributed by atoms with Crippen molar-refractivity contribution in [2.75, 3.05) is 0 Å². The van der Waals surface area contributed by atoms with Crippen molar-refractivity contribution in [1.82, 2.24) is 0 Å². The Morgan fingerprint density at radius 2 is 1.71 bits per heavy atom. The van der Waals surface area contributed by atoms with Gasteiger partial charge in [0.05, 0.1) is 6.04 Å². The summed E-state index contributed by atoms with van der Waals surface area (Å²) in [6, 6.07) is 17.7. The van der Waals surface area contributed by atoms with Crippen LogP contribution in [0.2, 0.25) is 0 Å². The van der Waals surface area contributed by atoms with Crippen LogP contribution in [0.25, 0.3) is 10.4 Å². The molecule has 0 radical (unpaired) electrons. The molecule has 0 bridgehead atoms. The standard InChI is InChI=1S/C21H23N3/c1-2-3-4-8-15-21(23-24-22)20-14-10-9-13-19(20)17-16-18-11-6-5-7-12-18/h5-7,9-14,21H,2-4,8,15H2,1H3. The number of unbranched alkanes of at least 4 members (excludes halogenated alkanes) is 3. The fourth-order valence-corrected chi connectivity index (χ4v) is 2.66. The SMILES string of the molecule is CCCCCCC(N=[N+]=[N-])c1ccccc1C#Cc1ccccc1. The average Bonchev–Trinajstić information content (AvgIpc) is 2.64. The molecule has 122 valence electrons. The molecule has 0 aromatic heterocycles. The minimum Gasteiger partial charge on any atom is -0.0859 e. The molecule has 0 amide bonds. The van der Waals surface area contributed by atoms with Gasteiger partial charge < -0.3 is 0 Å². The minimum atomic E-state index is -0.145. The molecule has 1 atom stereocenters. The molecule has 0 N–H and O–H groups in total. The molecule has 2 aromatic carbocycles. The van der Waals surface area contributed by atoms with Crippen LogP contribution < -0.4 is 0 Å². The molecular formula is C21H23N3. The largest absolute Gasteiger partial charge is 0.0859 e. The average molecular weight is 317 g/mol. The zero-order valence-corrected chi connectivity index (χ0v) is 14.2. The molecule has 2 aromatic rings. The molecule has 0 aliphatic heterocycles. The van der Waals surface area contributed by atoms with E-state index >= 15 is 0 Å². The molecule has 3 nitrogen and oxygen atoms in total. The summed E-state index contributed by atoms with van der Waals surface area (Å²) in [5, 5.41) is 4.02. The summed E-state index contributed by atoms with van der Waals surface area (Å²) in [5.74, 6) is 6.43. The van der Waals surface area contributed by atoms with Crippen molar-refractivity contribution < 1.29 is 0 Å². The van der Waals surface area contributed by atoms with Gasteiger partial charge in [0, 0.05) is 16.0 Å². The first-order chi connectivity index (χ1) is 11.8. The summed E-state index contributed by atoms with van der Waals surface area (Å²) in [4.78, 5) is 3.05. The highest BCUT2D eigenvalue weighted by Gasteiger charge is 2.12. The smallest absolute Gasteiger partial charge is 0.0637 e. The lowest BCUT2D eigenvalue weighted by Gasteiger charge is -2.13. The predicted molar refractivity (Wildman–Crippen MR) is 99.5 cm³/mol. The van der Waals surface area contributed by atoms with Gasteiger partial charge in [-0.15, -0.1) is 0 Å². The van der Waals surface area contributed by atoms with E-state index in [0.717, 1.165) is 29.5 Å². The number of hydrogen-bond acceptors (Lipinski definition) is 1. The van der Waals surface area contributed by atoms with Gasteiger partial charge in [0.15, 0.2) is 0 Å². The van der Waals surface area contributed by atoms with Crippen LogP contribution in [0.3, 0.4) is 0 Å². The van der Waals surface area contributed by atoms with Gasteiger partial charge in [0.2, 0.25) is 0 Å². The third-order valence-corrected chi connectivity index (χ3v) is 3.96. The molecule has 3 heteroatoms. The van der Waals surface area contributed by atoms with Crippen LogP contribution in [-0.2, 0) is 0 Å². The highest BCUT2D eigenvalue weighted by molar-refractivity contribution is 5.47. The van der Waals surface area contributed by atoms with Crippen LogP contribution in [0.1, 0.15) is 61.8 Å². The van der Waals surface area contributed by atoms with E-state index in [0.29, 0.717) is 0 Å². The van der Waals surface area contributed by atoms with Crippen LogP contribution in [0.5, 0.6) is 0 Å². The summed E-state index contributed by atoms with van der Waals surface area (Å²) in [7, 11) is 0. The maximum absolute atomic E-state index is 8.92. The molecule has 2 rings (SSSR count). The Morgan fingerprint density at radius 1 is 0.958 bits per heavy atom. The fraction of sp³-hybridized carbons (Fsp3) is 0.333. The maximum atomic E-state index is 8.92. The van der Waals surface area contributed by atoms with Crippen molar-refractivity contribution in [3.05, 3.63) is 81.7 Å². The van der Waals surface area contributed by atoms with Gasteiger partial charge in [-0.25, -0.2) is 0 Å². The Labute approximate surface area is 144 Å². The summed E-state index contributed by atoms with van der Waals surface area (Å²) in [6.45, 7) is 2.19. The van der Waals surface area contributed by atoms with Crippen LogP contribution in [0, 0.1) is 11.8 Å². The van der Waals surface area contributed by atoms with E-state index in [-0.39, 0.29) is 6.04 Å². The molecule has 0 aliphatic rings. The lowest BCUT2D eigenvalue weighted by atomic mass is 9.96. The molecule has 0 saturated carbocycles. The van der Waals surface area contributed by atoms with E-state index in [1.165, 1.54) is 19.3 Å². The number of rotatable bonds is 7. The lowest BCUT2D eigenvalue weighted by Crippen LogP contribution is -1.98. The van der Waals surface area contributed by atoms with Crippen molar-refractivity contribution in [2.45, 2.75) is 45.1 Å². The summed E-state index contributed by atoms with van der Waals surface area (Å²) in [5.41, 5.74) is 11.9. The lowest BCUT2D eigenvalue weighted by molar-refractivity contribution is 0.564. The molecule has 0 aliphatic carbocycles. The topological polar surface area (TPSA) is 48.8 Å². The first-order valence-electron chi connectivity index (χ1n) is 8.55. The van der Waals surface area contributed by atoms with E-state index in [1.807, 2.05) is 54.6 Å². The minimum absolute atomic E-state index is 0.145. The Morgan fingerprint density at radius 3 is 2.46 bits per heavy atom. The second-order valence-electron chi connectivity index (χ2n) is 5.77. The predicted octanol–water partition coefficient (Wildman–Crippen LogP) is 6.41. The number of hydrogen-bond donors (Lipinski definition) is 0. The van der Waals surface area contributed by atoms with Crippen molar-refractivity contribution >= 4 is 0 Å². The molecule has 1 unspecified atom stereocenters. The number of benzene rings is 2. The highest BCUT2D eigenvalue weighted by Crippen LogP contribution is 2.27. The Hall–Kier alpha value is -2.69. The first-order valence-corrected chi connectivity index (χ1v) is 8.55. The Kier molecular flexibility index (Phi) is 7.47. The Balaban J connectivity index is 2.22.